The number of nitrogens with one attached hydrogen (secondary N) is 2. The van der Waals surface area contributed by atoms with Gasteiger partial charge in [-0.2, -0.15) is 0 Å². The van der Waals surface area contributed by atoms with Crippen molar-refractivity contribution in [1.82, 2.24) is 39.0 Å². The minimum Gasteiger partial charge on any atom is -0.489 e. The molecule has 9 atom stereocenters. The molecule has 0 bridgehead atoms. The molecule has 3 aliphatic heterocycles. The first-order chi connectivity index (χ1) is 40.6. The minimum absolute atomic E-state index is 0.147. The zero-order valence-electron chi connectivity index (χ0n) is 50.8. The van der Waals surface area contributed by atoms with Gasteiger partial charge in [-0.05, 0) is 115 Å². The number of nitrogens with zero attached hydrogens (tertiary/aromatic N) is 6. The average molecular weight is 1170 g/mol. The lowest BCUT2D eigenvalue weighted by Gasteiger charge is -2.20. The van der Waals surface area contributed by atoms with E-state index < -0.39 is 41.5 Å². The fourth-order valence-corrected chi connectivity index (χ4v) is 10.3. The molecule has 0 radical (unpaired) electrons. The molecule has 4 heterocycles. The Bertz CT molecular complexity index is 2560. The molecule has 2 N–H and O–H groups in total. The Labute approximate surface area is 496 Å². The first-order valence-electron chi connectivity index (χ1n) is 30.9. The molecule has 3 fully saturated rings. The maximum absolute atomic E-state index is 14.0. The van der Waals surface area contributed by atoms with E-state index in [1.165, 1.54) is 13.7 Å². The zero-order valence-corrected chi connectivity index (χ0v) is 50.8. The van der Waals surface area contributed by atoms with Crippen LogP contribution in [-0.4, -0.2) is 155 Å². The van der Waals surface area contributed by atoms with Gasteiger partial charge in [0.15, 0.2) is 12.2 Å². The average Bonchev–Trinajstić information content (AvgIpc) is 3.18. The first-order valence-corrected chi connectivity index (χ1v) is 30.9. The summed E-state index contributed by atoms with van der Waals surface area (Å²) in [5.74, 6) is 2.04. The van der Waals surface area contributed by atoms with Crippen LogP contribution in [0.5, 0.6) is 17.2 Å². The molecule has 0 saturated carbocycles. The monoisotopic (exact) mass is 1170 g/mol. The van der Waals surface area contributed by atoms with Crippen LogP contribution in [0, 0.1) is 20.8 Å². The maximum atomic E-state index is 14.0. The quantitative estimate of drug-likeness (QED) is 0.0187. The molecule has 7 rings (SSSR count). The second-order valence-corrected chi connectivity index (χ2v) is 23.3. The van der Waals surface area contributed by atoms with E-state index in [1.807, 2.05) is 93.6 Å². The van der Waals surface area contributed by atoms with Crippen LogP contribution in [0.1, 0.15) is 127 Å². The molecule has 4 aromatic rings. The van der Waals surface area contributed by atoms with Crippen molar-refractivity contribution in [1.29, 1.82) is 0 Å². The third kappa shape index (κ3) is 22.1. The molecule has 2 amide bonds. The van der Waals surface area contributed by atoms with Crippen LogP contribution in [-0.2, 0) is 38.6 Å². The lowest BCUT2D eigenvalue weighted by Crippen LogP contribution is -2.54. The van der Waals surface area contributed by atoms with Gasteiger partial charge in [0.05, 0.1) is 0 Å². The summed E-state index contributed by atoms with van der Waals surface area (Å²) in [4.78, 5) is 87.4. The van der Waals surface area contributed by atoms with E-state index in [0.717, 1.165) is 85.7 Å². The highest BCUT2D eigenvalue weighted by atomic mass is 16.6. The van der Waals surface area contributed by atoms with Crippen molar-refractivity contribution in [3.05, 3.63) is 121 Å². The number of benzene rings is 3. The summed E-state index contributed by atoms with van der Waals surface area (Å²) in [6, 6.07) is 24.6. The van der Waals surface area contributed by atoms with Crippen LogP contribution in [0.4, 0.5) is 9.59 Å². The van der Waals surface area contributed by atoms with E-state index in [1.54, 1.807) is 0 Å². The Morgan fingerprint density at radius 3 is 1.07 bits per heavy atom. The molecule has 0 spiro atoms. The number of hydrogen-bond acceptors (Lipinski definition) is 15. The van der Waals surface area contributed by atoms with Crippen LogP contribution in [0.25, 0.3) is 0 Å². The molecule has 3 aromatic carbocycles. The van der Waals surface area contributed by atoms with E-state index >= 15 is 0 Å². The maximum Gasteiger partial charge on any atom is 0.407 e. The van der Waals surface area contributed by atoms with E-state index in [-0.39, 0.29) is 57.9 Å². The molecule has 0 aliphatic carbocycles. The minimum atomic E-state index is -0.620. The fraction of sp³-hybridized carbons (Fsp3) is 0.625. The van der Waals surface area contributed by atoms with E-state index in [4.69, 9.17) is 28.4 Å². The third-order valence-corrected chi connectivity index (χ3v) is 16.0. The first kappa shape index (κ1) is 64.9. The molecular formula is C64H94N8O12. The number of esters is 1. The van der Waals surface area contributed by atoms with Crippen molar-refractivity contribution in [2.45, 2.75) is 188 Å². The molecular weight excluding hydrogens is 1070 g/mol. The molecule has 20 nitrogen and oxygen atoms in total. The summed E-state index contributed by atoms with van der Waals surface area (Å²) in [6.07, 6.45) is 6.75. The molecule has 462 valence electrons. The number of unbranched alkanes of at least 4 members (excludes halogenated alkanes) is 10. The number of para-hydroxylation sites is 3. The molecule has 3 saturated heterocycles. The molecule has 3 aliphatic rings. The summed E-state index contributed by atoms with van der Waals surface area (Å²) in [5.41, 5.74) is 1.19. The van der Waals surface area contributed by atoms with Crippen LogP contribution in [0.3, 0.4) is 0 Å². The number of aryl methyl sites for hydroxylation is 3. The van der Waals surface area contributed by atoms with Crippen LogP contribution in [0.15, 0.2) is 87.2 Å². The van der Waals surface area contributed by atoms with Gasteiger partial charge in [0, 0.05) is 96.5 Å². The van der Waals surface area contributed by atoms with Gasteiger partial charge in [-0.1, -0.05) is 99.5 Å². The summed E-state index contributed by atoms with van der Waals surface area (Å²) in [6.45, 7) is 19.1. The molecule has 9 unspecified atom stereocenters. The summed E-state index contributed by atoms with van der Waals surface area (Å²) in [5, 5.41) is 5.74. The van der Waals surface area contributed by atoms with Crippen LogP contribution < -0.4 is 41.9 Å². The Hall–Kier alpha value is -6.64. The Kier molecular flexibility index (Phi) is 26.1. The predicted octanol–water partition coefficient (Wildman–Crippen LogP) is 8.01. The summed E-state index contributed by atoms with van der Waals surface area (Å²) >= 11 is 0. The lowest BCUT2D eigenvalue weighted by atomic mass is 10.1. The Morgan fingerprint density at radius 2 is 0.738 bits per heavy atom. The van der Waals surface area contributed by atoms with Gasteiger partial charge in [0.1, 0.15) is 43.2 Å². The van der Waals surface area contributed by atoms with E-state index in [0.29, 0.717) is 102 Å². The fourth-order valence-electron chi connectivity index (χ4n) is 10.3. The Morgan fingerprint density at radius 1 is 0.440 bits per heavy atom. The van der Waals surface area contributed by atoms with Gasteiger partial charge in [0.2, 0.25) is 0 Å². The molecule has 20 heteroatoms. The van der Waals surface area contributed by atoms with Gasteiger partial charge in [-0.25, -0.2) is 37.7 Å². The van der Waals surface area contributed by atoms with Gasteiger partial charge < -0.3 is 39.1 Å². The summed E-state index contributed by atoms with van der Waals surface area (Å²) < 4.78 is 39.2. The van der Waals surface area contributed by atoms with Gasteiger partial charge >= 0.3 is 35.2 Å². The summed E-state index contributed by atoms with van der Waals surface area (Å²) in [7, 11) is 0. The van der Waals surface area contributed by atoms with Crippen molar-refractivity contribution in [2.24, 2.45) is 0 Å². The van der Waals surface area contributed by atoms with Gasteiger partial charge in [-0.15, -0.1) is 0 Å². The van der Waals surface area contributed by atoms with Crippen LogP contribution in [0.2, 0.25) is 0 Å². The van der Waals surface area contributed by atoms with E-state index in [9.17, 15) is 28.8 Å². The highest BCUT2D eigenvalue weighted by Crippen LogP contribution is 2.24. The standard InChI is InChI=1S/C64H94N8O12/c1-47-26-15-18-29-56(47)79-44-53(41-67-38-50(67)4)82-59(73)32-14-8-7-11-23-35-70-62(76)71(36-24-12-9-21-33-65-60(74)83-54(42-68-39-51(68)5)45-80-57-30-19-16-27-48(57)2)64(78)72(63(70)77)37-25-13-10-22-34-66-61(75)84-55(43-69-40-52(69)6)46-81-58-31-20-17-28-49(58)3/h15-20,26-31,50-55H,7-14,21-25,32-46H2,1-6H3,(H,65,74)(H,66,75). The third-order valence-electron chi connectivity index (χ3n) is 16.0. The highest BCUT2D eigenvalue weighted by Gasteiger charge is 2.35. The van der Waals surface area contributed by atoms with Crippen molar-refractivity contribution in [3.8, 4) is 17.2 Å². The largest absolute Gasteiger partial charge is 0.489 e. The highest BCUT2D eigenvalue weighted by molar-refractivity contribution is 5.69. The number of aromatic nitrogens is 3. The number of alkyl carbamates (subject to hydrolysis) is 2. The van der Waals surface area contributed by atoms with Crippen molar-refractivity contribution < 1.29 is 42.8 Å². The number of carbonyl (C=O) groups is 3. The normalized spacial score (nSPS) is 19.5. The topological polar surface area (TPSA) is 206 Å². The van der Waals surface area contributed by atoms with Gasteiger partial charge in [0.25, 0.3) is 0 Å². The predicted molar refractivity (Wildman–Crippen MR) is 323 cm³/mol. The number of ether oxygens (including phenoxy) is 6. The van der Waals surface area contributed by atoms with Crippen molar-refractivity contribution in [3.63, 3.8) is 0 Å². The van der Waals surface area contributed by atoms with E-state index in [2.05, 4.69) is 46.1 Å². The SMILES string of the molecule is Cc1ccccc1OCC(CN1CC1C)OC(=O)CCCCCCCn1c(=O)n(CCCCCCNC(=O)OC(COc2ccccc2C)CN2CC2C)c(=O)n(CCCCCCNC(=O)OC(COc2ccccc2C)CN2CC2C)c1=O. The number of rotatable bonds is 40. The molecule has 1 aromatic heterocycles. The smallest absolute Gasteiger partial charge is 0.407 e. The van der Waals surface area contributed by atoms with Gasteiger partial charge in [-0.3, -0.25) is 19.5 Å². The zero-order chi connectivity index (χ0) is 59.8. The van der Waals surface area contributed by atoms with Crippen LogP contribution >= 0.6 is 0 Å². The lowest BCUT2D eigenvalue weighted by molar-refractivity contribution is -0.151. The Balaban J connectivity index is 0.856. The second-order valence-electron chi connectivity index (χ2n) is 23.3. The van der Waals surface area contributed by atoms with Crippen molar-refractivity contribution in [2.75, 3.05) is 72.2 Å². The molecule has 84 heavy (non-hydrogen) atoms. The number of amides is 2. The number of carbonyl (C=O) groups excluding carboxylic acids is 3. The number of hydrogen-bond donors (Lipinski definition) is 2. The second kappa shape index (κ2) is 33.7. The van der Waals surface area contributed by atoms with Crippen molar-refractivity contribution >= 4 is 18.2 Å².